The quantitative estimate of drug-likeness (QED) is 0.639. The summed E-state index contributed by atoms with van der Waals surface area (Å²) in [6.07, 6.45) is 3.72. The van der Waals surface area contributed by atoms with Crippen LogP contribution in [-0.4, -0.2) is 5.71 Å². The van der Waals surface area contributed by atoms with Gasteiger partial charge >= 0.3 is 0 Å². The molecule has 15 heavy (non-hydrogen) atoms. The Morgan fingerprint density at radius 3 is 3.07 bits per heavy atom. The molecule has 0 fully saturated rings. The molecule has 3 heteroatoms. The lowest BCUT2D eigenvalue weighted by Gasteiger charge is -2.19. The van der Waals surface area contributed by atoms with Gasteiger partial charge in [-0.15, -0.1) is 0 Å². The molecule has 1 aliphatic heterocycles. The Balaban J connectivity index is 2.11. The van der Waals surface area contributed by atoms with E-state index in [0.29, 0.717) is 6.42 Å². The maximum absolute atomic E-state index is 13.0. The van der Waals surface area contributed by atoms with Crippen LogP contribution < -0.4 is 0 Å². The Labute approximate surface area is 91.4 Å². The molecule has 1 aromatic rings. The summed E-state index contributed by atoms with van der Waals surface area (Å²) in [7, 11) is 0. The number of para-hydroxylation sites is 1. The minimum atomic E-state index is -0.157. The van der Waals surface area contributed by atoms with Gasteiger partial charge in [-0.2, -0.15) is 0 Å². The van der Waals surface area contributed by atoms with E-state index in [1.807, 2.05) is 24.3 Å². The van der Waals surface area contributed by atoms with Crippen molar-refractivity contribution in [2.75, 3.05) is 0 Å². The summed E-state index contributed by atoms with van der Waals surface area (Å²) in [5.41, 5.74) is 1.96. The van der Waals surface area contributed by atoms with Crippen molar-refractivity contribution in [2.24, 2.45) is 4.99 Å². The van der Waals surface area contributed by atoms with Gasteiger partial charge < -0.3 is 0 Å². The minimum absolute atomic E-state index is 0.157. The molecular formula is C12H8FNS. The van der Waals surface area contributed by atoms with Crippen molar-refractivity contribution in [1.29, 1.82) is 0 Å². The zero-order valence-electron chi connectivity index (χ0n) is 7.90. The van der Waals surface area contributed by atoms with Gasteiger partial charge in [0.05, 0.1) is 11.4 Å². The fraction of sp³-hybridized carbons (Fsp3) is 0.0833. The monoisotopic (exact) mass is 217 g/mol. The normalized spacial score (nSPS) is 18.3. The van der Waals surface area contributed by atoms with Crippen LogP contribution in [-0.2, 0) is 0 Å². The molecule has 3 rings (SSSR count). The second-order valence-corrected chi connectivity index (χ2v) is 4.51. The first-order valence-electron chi connectivity index (χ1n) is 4.75. The average Bonchev–Trinajstić information content (AvgIpc) is 2.26. The highest BCUT2D eigenvalue weighted by Gasteiger charge is 2.19. The van der Waals surface area contributed by atoms with Crippen LogP contribution in [0.15, 0.2) is 57.0 Å². The number of benzene rings is 1. The maximum Gasteiger partial charge on any atom is 0.120 e. The summed E-state index contributed by atoms with van der Waals surface area (Å²) < 4.78 is 13.0. The standard InChI is InChI=1S/C12H8FNS/c13-8-5-6-10-12(7-8)15-11-4-2-1-3-9(11)14-10/h1-5,7H,6H2. The number of halogens is 1. The fourth-order valence-electron chi connectivity index (χ4n) is 1.65. The third kappa shape index (κ3) is 1.53. The van der Waals surface area contributed by atoms with E-state index < -0.39 is 0 Å². The molecule has 1 heterocycles. The van der Waals surface area contributed by atoms with Crippen molar-refractivity contribution in [1.82, 2.24) is 0 Å². The highest BCUT2D eigenvalue weighted by molar-refractivity contribution is 8.04. The van der Waals surface area contributed by atoms with Gasteiger partial charge in [-0.05, 0) is 24.3 Å². The van der Waals surface area contributed by atoms with E-state index in [2.05, 4.69) is 4.99 Å². The van der Waals surface area contributed by atoms with E-state index in [-0.39, 0.29) is 5.83 Å². The van der Waals surface area contributed by atoms with Crippen molar-refractivity contribution in [3.8, 4) is 0 Å². The Bertz CT molecular complexity index is 514. The number of nitrogens with zero attached hydrogens (tertiary/aromatic N) is 1. The lowest BCUT2D eigenvalue weighted by Crippen LogP contribution is -2.06. The second kappa shape index (κ2) is 3.35. The zero-order chi connectivity index (χ0) is 10.3. The van der Waals surface area contributed by atoms with Gasteiger partial charge in [0, 0.05) is 16.2 Å². The SMILES string of the molecule is FC1=CCC2=Nc3ccccc3SC2=C1. The van der Waals surface area contributed by atoms with Gasteiger partial charge in [-0.3, -0.25) is 4.99 Å². The number of rotatable bonds is 0. The molecule has 1 aromatic carbocycles. The first-order chi connectivity index (χ1) is 7.33. The Hall–Kier alpha value is -1.35. The number of hydrogen-bond donors (Lipinski definition) is 0. The van der Waals surface area contributed by atoms with Crippen LogP contribution >= 0.6 is 11.8 Å². The summed E-state index contributed by atoms with van der Waals surface area (Å²) in [4.78, 5) is 6.56. The maximum atomic E-state index is 13.0. The van der Waals surface area contributed by atoms with Gasteiger partial charge in [0.1, 0.15) is 5.83 Å². The minimum Gasteiger partial charge on any atom is -0.251 e. The summed E-state index contributed by atoms with van der Waals surface area (Å²) >= 11 is 1.59. The van der Waals surface area contributed by atoms with Crippen LogP contribution in [0, 0.1) is 0 Å². The molecule has 0 aromatic heterocycles. The molecule has 0 saturated carbocycles. The molecule has 0 amide bonds. The van der Waals surface area contributed by atoms with Gasteiger partial charge in [0.2, 0.25) is 0 Å². The predicted octanol–water partition coefficient (Wildman–Crippen LogP) is 4.01. The highest BCUT2D eigenvalue weighted by atomic mass is 32.2. The second-order valence-electron chi connectivity index (χ2n) is 3.43. The van der Waals surface area contributed by atoms with Crippen LogP contribution in [0.4, 0.5) is 10.1 Å². The Kier molecular flexibility index (Phi) is 1.99. The van der Waals surface area contributed by atoms with E-state index in [0.717, 1.165) is 21.2 Å². The zero-order valence-corrected chi connectivity index (χ0v) is 8.72. The van der Waals surface area contributed by atoms with Crippen LogP contribution in [0.25, 0.3) is 0 Å². The third-order valence-electron chi connectivity index (χ3n) is 2.38. The van der Waals surface area contributed by atoms with Crippen molar-refractivity contribution in [2.45, 2.75) is 11.3 Å². The topological polar surface area (TPSA) is 12.4 Å². The molecule has 0 unspecified atom stereocenters. The molecule has 74 valence electrons. The lowest BCUT2D eigenvalue weighted by molar-refractivity contribution is 0.661. The predicted molar refractivity (Wildman–Crippen MR) is 61.3 cm³/mol. The Morgan fingerprint density at radius 2 is 2.13 bits per heavy atom. The van der Waals surface area contributed by atoms with Crippen molar-refractivity contribution in [3.05, 3.63) is 47.1 Å². The molecule has 0 spiro atoms. The first kappa shape index (κ1) is 8.92. The molecule has 2 aliphatic rings. The van der Waals surface area contributed by atoms with E-state index >= 15 is 0 Å². The summed E-state index contributed by atoms with van der Waals surface area (Å²) in [6, 6.07) is 7.94. The van der Waals surface area contributed by atoms with Gasteiger partial charge in [-0.1, -0.05) is 23.9 Å². The summed E-state index contributed by atoms with van der Waals surface area (Å²) in [6.45, 7) is 0. The van der Waals surface area contributed by atoms with Crippen molar-refractivity contribution in [3.63, 3.8) is 0 Å². The smallest absolute Gasteiger partial charge is 0.120 e. The van der Waals surface area contributed by atoms with Gasteiger partial charge in [-0.25, -0.2) is 4.39 Å². The van der Waals surface area contributed by atoms with E-state index in [9.17, 15) is 4.39 Å². The fourth-order valence-corrected chi connectivity index (χ4v) is 2.67. The summed E-state index contributed by atoms with van der Waals surface area (Å²) in [5.74, 6) is -0.157. The molecule has 0 N–H and O–H groups in total. The van der Waals surface area contributed by atoms with Crippen LogP contribution in [0.2, 0.25) is 0 Å². The van der Waals surface area contributed by atoms with Crippen molar-refractivity contribution < 1.29 is 4.39 Å². The van der Waals surface area contributed by atoms with Gasteiger partial charge in [0.25, 0.3) is 0 Å². The summed E-state index contributed by atoms with van der Waals surface area (Å²) in [5, 5.41) is 0. The van der Waals surface area contributed by atoms with Gasteiger partial charge in [0.15, 0.2) is 0 Å². The number of allylic oxidation sites excluding steroid dienone is 4. The van der Waals surface area contributed by atoms with Crippen LogP contribution in [0.3, 0.4) is 0 Å². The molecule has 0 bridgehead atoms. The first-order valence-corrected chi connectivity index (χ1v) is 5.57. The molecule has 1 aliphatic carbocycles. The number of aliphatic imine (C=N–C) groups is 1. The molecule has 0 radical (unpaired) electrons. The number of thioether (sulfide) groups is 1. The largest absolute Gasteiger partial charge is 0.251 e. The highest BCUT2D eigenvalue weighted by Crippen LogP contribution is 2.42. The molecule has 1 nitrogen and oxygen atoms in total. The average molecular weight is 217 g/mol. The molecule has 0 atom stereocenters. The van der Waals surface area contributed by atoms with E-state index in [1.165, 1.54) is 0 Å². The molecular weight excluding hydrogens is 209 g/mol. The number of hydrogen-bond acceptors (Lipinski definition) is 2. The van der Waals surface area contributed by atoms with Crippen molar-refractivity contribution >= 4 is 23.2 Å². The Morgan fingerprint density at radius 1 is 1.27 bits per heavy atom. The van der Waals surface area contributed by atoms with E-state index in [1.54, 1.807) is 23.9 Å². The van der Waals surface area contributed by atoms with Crippen LogP contribution in [0.1, 0.15) is 6.42 Å². The third-order valence-corrected chi connectivity index (χ3v) is 3.52. The van der Waals surface area contributed by atoms with E-state index in [4.69, 9.17) is 0 Å². The molecule has 0 saturated heterocycles. The van der Waals surface area contributed by atoms with Crippen LogP contribution in [0.5, 0.6) is 0 Å². The lowest BCUT2D eigenvalue weighted by atomic mass is 10.1. The number of fused-ring (bicyclic) bond motifs is 2.